The third-order valence-electron chi connectivity index (χ3n) is 1.71. The third kappa shape index (κ3) is 10.2. The summed E-state index contributed by atoms with van der Waals surface area (Å²) in [6.07, 6.45) is -0.288. The van der Waals surface area contributed by atoms with Gasteiger partial charge in [-0.25, -0.2) is 9.78 Å². The van der Waals surface area contributed by atoms with Gasteiger partial charge in [0.25, 0.3) is 0 Å². The summed E-state index contributed by atoms with van der Waals surface area (Å²) in [5.74, 6) is 0. The SMILES string of the molecule is O=P(O)(O)CCN(CCOO)CCOO. The minimum absolute atomic E-state index is 0.0204. The van der Waals surface area contributed by atoms with Gasteiger partial charge < -0.3 is 9.79 Å². The fraction of sp³-hybridized carbons (Fsp3) is 1.00. The van der Waals surface area contributed by atoms with E-state index in [2.05, 4.69) is 9.78 Å². The molecule has 0 unspecified atom stereocenters. The summed E-state index contributed by atoms with van der Waals surface area (Å²) in [6, 6.07) is 0. The van der Waals surface area contributed by atoms with Crippen LogP contribution < -0.4 is 0 Å². The van der Waals surface area contributed by atoms with Gasteiger partial charge in [0.2, 0.25) is 0 Å². The van der Waals surface area contributed by atoms with Gasteiger partial charge in [-0.2, -0.15) is 0 Å². The van der Waals surface area contributed by atoms with E-state index in [9.17, 15) is 4.57 Å². The van der Waals surface area contributed by atoms with Crippen LogP contribution >= 0.6 is 7.60 Å². The lowest BCUT2D eigenvalue weighted by Crippen LogP contribution is -2.33. The summed E-state index contributed by atoms with van der Waals surface area (Å²) in [6.45, 7) is 0.760. The fourth-order valence-corrected chi connectivity index (χ4v) is 1.49. The summed E-state index contributed by atoms with van der Waals surface area (Å²) in [5, 5.41) is 16.2. The van der Waals surface area contributed by atoms with Gasteiger partial charge in [0.15, 0.2) is 0 Å². The molecule has 0 aliphatic heterocycles. The fourth-order valence-electron chi connectivity index (χ4n) is 0.947. The first-order valence-corrected chi connectivity index (χ1v) is 6.09. The number of nitrogens with zero attached hydrogens (tertiary/aromatic N) is 1. The molecule has 0 atom stereocenters. The maximum absolute atomic E-state index is 10.6. The molecule has 0 bridgehead atoms. The predicted octanol–water partition coefficient (Wildman–Crippen LogP) is -0.555. The highest BCUT2D eigenvalue weighted by Gasteiger charge is 2.15. The zero-order valence-electron chi connectivity index (χ0n) is 8.15. The molecule has 0 aliphatic rings. The molecule has 92 valence electrons. The lowest BCUT2D eigenvalue weighted by Gasteiger charge is -2.20. The zero-order chi connectivity index (χ0) is 11.7. The molecule has 0 saturated carbocycles. The van der Waals surface area contributed by atoms with Crippen molar-refractivity contribution in [1.82, 2.24) is 4.90 Å². The van der Waals surface area contributed by atoms with Crippen LogP contribution in [-0.4, -0.2) is 64.2 Å². The lowest BCUT2D eigenvalue weighted by molar-refractivity contribution is -0.251. The Labute approximate surface area is 87.0 Å². The Morgan fingerprint density at radius 1 is 1.00 bits per heavy atom. The summed E-state index contributed by atoms with van der Waals surface area (Å²) in [7, 11) is -4.03. The van der Waals surface area contributed by atoms with Crippen LogP contribution in [0.15, 0.2) is 0 Å². The van der Waals surface area contributed by atoms with Gasteiger partial charge in [-0.3, -0.25) is 20.0 Å². The van der Waals surface area contributed by atoms with Crippen LogP contribution in [0.5, 0.6) is 0 Å². The van der Waals surface area contributed by atoms with E-state index in [1.54, 1.807) is 4.90 Å². The molecule has 0 fully saturated rings. The van der Waals surface area contributed by atoms with Crippen LogP contribution in [0.1, 0.15) is 0 Å². The van der Waals surface area contributed by atoms with Crippen molar-refractivity contribution in [2.45, 2.75) is 0 Å². The number of hydrogen-bond donors (Lipinski definition) is 4. The molecule has 0 aliphatic carbocycles. The van der Waals surface area contributed by atoms with E-state index in [1.165, 1.54) is 0 Å². The van der Waals surface area contributed by atoms with Crippen molar-refractivity contribution in [1.29, 1.82) is 0 Å². The number of hydrogen-bond acceptors (Lipinski definition) is 6. The minimum Gasteiger partial charge on any atom is -0.324 e. The molecule has 0 spiro atoms. The van der Waals surface area contributed by atoms with Crippen LogP contribution in [-0.2, 0) is 14.3 Å². The topological polar surface area (TPSA) is 120 Å². The molecule has 0 radical (unpaired) electrons. The molecule has 0 aromatic heterocycles. The Bertz CT molecular complexity index is 188. The van der Waals surface area contributed by atoms with Crippen LogP contribution in [0.3, 0.4) is 0 Å². The van der Waals surface area contributed by atoms with Gasteiger partial charge in [0.05, 0.1) is 19.4 Å². The second-order valence-electron chi connectivity index (χ2n) is 2.90. The molecular weight excluding hydrogens is 229 g/mol. The average Bonchev–Trinajstić information content (AvgIpc) is 2.15. The van der Waals surface area contributed by atoms with Crippen molar-refractivity contribution in [3.05, 3.63) is 0 Å². The Hall–Kier alpha value is -0.0500. The Kier molecular flexibility index (Phi) is 8.12. The highest BCUT2D eigenvalue weighted by Crippen LogP contribution is 2.33. The largest absolute Gasteiger partial charge is 0.326 e. The zero-order valence-corrected chi connectivity index (χ0v) is 9.05. The molecule has 0 aromatic rings. The van der Waals surface area contributed by atoms with Crippen molar-refractivity contribution in [3.63, 3.8) is 0 Å². The molecular formula is C6H16NO7P. The maximum atomic E-state index is 10.6. The van der Waals surface area contributed by atoms with Gasteiger partial charge in [-0.15, -0.1) is 0 Å². The van der Waals surface area contributed by atoms with Crippen LogP contribution in [0, 0.1) is 0 Å². The van der Waals surface area contributed by atoms with Gasteiger partial charge in [-0.05, 0) is 0 Å². The second-order valence-corrected chi connectivity index (χ2v) is 4.67. The first-order chi connectivity index (χ1) is 6.99. The van der Waals surface area contributed by atoms with Gasteiger partial charge >= 0.3 is 7.60 Å². The summed E-state index contributed by atoms with van der Waals surface area (Å²) in [5.41, 5.74) is 0. The van der Waals surface area contributed by atoms with Crippen LogP contribution in [0.2, 0.25) is 0 Å². The molecule has 4 N–H and O–H groups in total. The van der Waals surface area contributed by atoms with Crippen LogP contribution in [0.4, 0.5) is 0 Å². The van der Waals surface area contributed by atoms with Gasteiger partial charge in [0, 0.05) is 19.6 Å². The van der Waals surface area contributed by atoms with Crippen molar-refractivity contribution >= 4 is 7.60 Å². The van der Waals surface area contributed by atoms with Gasteiger partial charge in [0.1, 0.15) is 0 Å². The summed E-state index contributed by atoms with van der Waals surface area (Å²) in [4.78, 5) is 26.6. The molecule has 15 heavy (non-hydrogen) atoms. The predicted molar refractivity (Wildman–Crippen MR) is 50.5 cm³/mol. The average molecular weight is 245 g/mol. The summed E-state index contributed by atoms with van der Waals surface area (Å²) >= 11 is 0. The molecule has 8 nitrogen and oxygen atoms in total. The van der Waals surface area contributed by atoms with E-state index >= 15 is 0 Å². The molecule has 0 aromatic carbocycles. The minimum atomic E-state index is -4.03. The smallest absolute Gasteiger partial charge is 0.324 e. The first kappa shape index (κ1) is 14.9. The lowest BCUT2D eigenvalue weighted by atomic mass is 10.5. The standard InChI is InChI=1S/C6H16NO7P/c8-13-4-1-7(2-5-14-9)3-6-15(10,11)12/h8-9H,1-6H2,(H2,10,11,12). The number of rotatable bonds is 9. The van der Waals surface area contributed by atoms with E-state index in [0.29, 0.717) is 13.1 Å². The normalized spacial score (nSPS) is 12.3. The van der Waals surface area contributed by atoms with Gasteiger partial charge in [-0.1, -0.05) is 0 Å². The van der Waals surface area contributed by atoms with E-state index in [0.717, 1.165) is 0 Å². The Morgan fingerprint density at radius 3 is 1.80 bits per heavy atom. The monoisotopic (exact) mass is 245 g/mol. The van der Waals surface area contributed by atoms with E-state index in [1.807, 2.05) is 0 Å². The molecule has 0 heterocycles. The first-order valence-electron chi connectivity index (χ1n) is 4.29. The highest BCUT2D eigenvalue weighted by atomic mass is 31.2. The second kappa shape index (κ2) is 8.14. The Balaban J connectivity index is 3.83. The van der Waals surface area contributed by atoms with Crippen molar-refractivity contribution in [2.75, 3.05) is 39.0 Å². The summed E-state index contributed by atoms with van der Waals surface area (Å²) < 4.78 is 10.6. The third-order valence-corrected chi connectivity index (χ3v) is 2.49. The quantitative estimate of drug-likeness (QED) is 0.242. The van der Waals surface area contributed by atoms with Crippen molar-refractivity contribution in [2.24, 2.45) is 0 Å². The Morgan fingerprint density at radius 2 is 1.47 bits per heavy atom. The van der Waals surface area contributed by atoms with E-state index < -0.39 is 7.60 Å². The van der Waals surface area contributed by atoms with E-state index in [-0.39, 0.29) is 25.9 Å². The van der Waals surface area contributed by atoms with Crippen molar-refractivity contribution in [3.8, 4) is 0 Å². The molecule has 0 saturated heterocycles. The van der Waals surface area contributed by atoms with Crippen LogP contribution in [0.25, 0.3) is 0 Å². The van der Waals surface area contributed by atoms with Crippen molar-refractivity contribution < 1.29 is 34.6 Å². The molecule has 0 rings (SSSR count). The highest BCUT2D eigenvalue weighted by molar-refractivity contribution is 7.51. The molecule has 9 heteroatoms. The molecule has 0 amide bonds. The van der Waals surface area contributed by atoms with E-state index in [4.69, 9.17) is 20.3 Å². The maximum Gasteiger partial charge on any atom is 0.326 e.